The van der Waals surface area contributed by atoms with Crippen molar-refractivity contribution in [3.8, 4) is 0 Å². The first kappa shape index (κ1) is 17.6. The zero-order valence-electron chi connectivity index (χ0n) is 15.4. The Morgan fingerprint density at radius 3 is 2.64 bits per heavy atom. The van der Waals surface area contributed by atoms with Gasteiger partial charge in [-0.1, -0.05) is 48.5 Å². The molecule has 6 nitrogen and oxygen atoms in total. The van der Waals surface area contributed by atoms with Crippen molar-refractivity contribution in [2.24, 2.45) is 0 Å². The Morgan fingerprint density at radius 1 is 0.964 bits per heavy atom. The Labute approximate surface area is 162 Å². The van der Waals surface area contributed by atoms with Gasteiger partial charge in [-0.05, 0) is 24.6 Å². The summed E-state index contributed by atoms with van der Waals surface area (Å²) >= 11 is 0. The number of nitrogens with one attached hydrogen (secondary N) is 2. The van der Waals surface area contributed by atoms with Crippen LogP contribution in [0.5, 0.6) is 0 Å². The zero-order valence-corrected chi connectivity index (χ0v) is 15.4. The molecule has 2 N–H and O–H groups in total. The molecule has 28 heavy (non-hydrogen) atoms. The number of carbonyl (C=O) groups excluding carboxylic acids is 1. The van der Waals surface area contributed by atoms with Crippen LogP contribution >= 0.6 is 0 Å². The standard InChI is InChI=1S/C22H19N5O/c1-15-25-19(13-20(26-15)24-14-16-7-3-2-4-8-16)22(28)27-18-11-5-9-17-10-6-12-23-21(17)18/h2-13H,14H2,1H3,(H,27,28)(H,24,25,26). The predicted octanol–water partition coefficient (Wildman–Crippen LogP) is 4.20. The molecule has 0 spiro atoms. The molecule has 0 saturated heterocycles. The molecule has 138 valence electrons. The Balaban J connectivity index is 1.55. The van der Waals surface area contributed by atoms with Gasteiger partial charge < -0.3 is 10.6 Å². The van der Waals surface area contributed by atoms with Gasteiger partial charge >= 0.3 is 0 Å². The Hall–Kier alpha value is -3.80. The van der Waals surface area contributed by atoms with Gasteiger partial charge in [-0.15, -0.1) is 0 Å². The lowest BCUT2D eigenvalue weighted by atomic mass is 10.2. The lowest BCUT2D eigenvalue weighted by Crippen LogP contribution is -2.16. The van der Waals surface area contributed by atoms with Crippen molar-refractivity contribution in [1.29, 1.82) is 0 Å². The maximum Gasteiger partial charge on any atom is 0.274 e. The summed E-state index contributed by atoms with van der Waals surface area (Å²) in [6.07, 6.45) is 1.71. The van der Waals surface area contributed by atoms with Crippen molar-refractivity contribution >= 4 is 28.3 Å². The van der Waals surface area contributed by atoms with E-state index in [1.807, 2.05) is 60.7 Å². The van der Waals surface area contributed by atoms with Crippen LogP contribution in [0.25, 0.3) is 10.9 Å². The number of nitrogens with zero attached hydrogens (tertiary/aromatic N) is 3. The van der Waals surface area contributed by atoms with Gasteiger partial charge in [0.15, 0.2) is 0 Å². The molecule has 0 fully saturated rings. The molecular weight excluding hydrogens is 350 g/mol. The molecule has 0 bridgehead atoms. The summed E-state index contributed by atoms with van der Waals surface area (Å²) < 4.78 is 0. The highest BCUT2D eigenvalue weighted by atomic mass is 16.1. The van der Waals surface area contributed by atoms with E-state index in [2.05, 4.69) is 25.6 Å². The highest BCUT2D eigenvalue weighted by molar-refractivity contribution is 6.07. The topological polar surface area (TPSA) is 79.8 Å². The van der Waals surface area contributed by atoms with Gasteiger partial charge in [-0.2, -0.15) is 0 Å². The maximum atomic E-state index is 12.8. The molecule has 0 saturated carbocycles. The van der Waals surface area contributed by atoms with Gasteiger partial charge in [0.05, 0.1) is 11.2 Å². The second kappa shape index (κ2) is 7.84. The number of aryl methyl sites for hydroxylation is 1. The van der Waals surface area contributed by atoms with Gasteiger partial charge in [-0.3, -0.25) is 9.78 Å². The first-order valence-corrected chi connectivity index (χ1v) is 8.97. The molecule has 0 aliphatic rings. The largest absolute Gasteiger partial charge is 0.366 e. The molecule has 4 rings (SSSR count). The number of benzene rings is 2. The normalized spacial score (nSPS) is 10.6. The fourth-order valence-electron chi connectivity index (χ4n) is 2.95. The van der Waals surface area contributed by atoms with Gasteiger partial charge in [0, 0.05) is 24.2 Å². The highest BCUT2D eigenvalue weighted by Gasteiger charge is 2.13. The number of amides is 1. The summed E-state index contributed by atoms with van der Waals surface area (Å²) in [4.78, 5) is 25.8. The lowest BCUT2D eigenvalue weighted by Gasteiger charge is -2.10. The van der Waals surface area contributed by atoms with E-state index < -0.39 is 0 Å². The van der Waals surface area contributed by atoms with E-state index in [1.165, 1.54) is 0 Å². The third-order valence-electron chi connectivity index (χ3n) is 4.27. The summed E-state index contributed by atoms with van der Waals surface area (Å²) in [5.41, 5.74) is 2.83. The van der Waals surface area contributed by atoms with Crippen LogP contribution < -0.4 is 10.6 Å². The van der Waals surface area contributed by atoms with E-state index in [0.717, 1.165) is 16.5 Å². The fourth-order valence-corrected chi connectivity index (χ4v) is 2.95. The number of fused-ring (bicyclic) bond motifs is 1. The zero-order chi connectivity index (χ0) is 19.3. The van der Waals surface area contributed by atoms with Crippen LogP contribution in [-0.4, -0.2) is 20.9 Å². The van der Waals surface area contributed by atoms with Crippen LogP contribution in [0, 0.1) is 6.92 Å². The minimum absolute atomic E-state index is 0.300. The van der Waals surface area contributed by atoms with Crippen LogP contribution in [0.4, 0.5) is 11.5 Å². The average Bonchev–Trinajstić information content (AvgIpc) is 2.73. The molecule has 1 amide bonds. The van der Waals surface area contributed by atoms with E-state index in [-0.39, 0.29) is 5.91 Å². The second-order valence-corrected chi connectivity index (χ2v) is 6.36. The number of anilines is 2. The minimum Gasteiger partial charge on any atom is -0.366 e. The average molecular weight is 369 g/mol. The number of aromatic nitrogens is 3. The van der Waals surface area contributed by atoms with E-state index in [9.17, 15) is 4.79 Å². The molecule has 4 aromatic rings. The molecule has 0 atom stereocenters. The Bertz CT molecular complexity index is 1120. The van der Waals surface area contributed by atoms with Crippen LogP contribution in [-0.2, 0) is 6.54 Å². The smallest absolute Gasteiger partial charge is 0.274 e. The van der Waals surface area contributed by atoms with Crippen molar-refractivity contribution in [2.45, 2.75) is 13.5 Å². The van der Waals surface area contributed by atoms with Gasteiger partial charge in [0.2, 0.25) is 0 Å². The van der Waals surface area contributed by atoms with Crippen molar-refractivity contribution in [1.82, 2.24) is 15.0 Å². The van der Waals surface area contributed by atoms with Crippen molar-refractivity contribution in [2.75, 3.05) is 10.6 Å². The number of para-hydroxylation sites is 1. The number of carbonyl (C=O) groups is 1. The van der Waals surface area contributed by atoms with E-state index in [1.54, 1.807) is 19.2 Å². The molecule has 6 heteroatoms. The summed E-state index contributed by atoms with van der Waals surface area (Å²) in [6.45, 7) is 2.38. The molecule has 0 radical (unpaired) electrons. The highest BCUT2D eigenvalue weighted by Crippen LogP contribution is 2.21. The monoisotopic (exact) mass is 369 g/mol. The molecule has 0 aliphatic carbocycles. The van der Waals surface area contributed by atoms with Crippen molar-refractivity contribution < 1.29 is 4.79 Å². The van der Waals surface area contributed by atoms with E-state index in [0.29, 0.717) is 29.6 Å². The number of hydrogen-bond donors (Lipinski definition) is 2. The molecule has 2 aromatic carbocycles. The summed E-state index contributed by atoms with van der Waals surface area (Å²) in [6, 6.07) is 21.2. The Morgan fingerprint density at radius 2 is 1.79 bits per heavy atom. The number of rotatable bonds is 5. The fraction of sp³-hybridized carbons (Fsp3) is 0.0909. The number of pyridine rings is 1. The Kier molecular flexibility index (Phi) is 4.93. The van der Waals surface area contributed by atoms with E-state index in [4.69, 9.17) is 0 Å². The lowest BCUT2D eigenvalue weighted by molar-refractivity contribution is 0.102. The first-order valence-electron chi connectivity index (χ1n) is 8.97. The van der Waals surface area contributed by atoms with Crippen LogP contribution in [0.1, 0.15) is 21.9 Å². The van der Waals surface area contributed by atoms with Gasteiger partial charge in [0.1, 0.15) is 17.3 Å². The molecule has 2 aromatic heterocycles. The third kappa shape index (κ3) is 3.96. The summed E-state index contributed by atoms with van der Waals surface area (Å²) in [5.74, 6) is 0.836. The molecular formula is C22H19N5O. The SMILES string of the molecule is Cc1nc(NCc2ccccc2)cc(C(=O)Nc2cccc3cccnc23)n1. The van der Waals surface area contributed by atoms with Gasteiger partial charge in [-0.25, -0.2) is 9.97 Å². The maximum absolute atomic E-state index is 12.8. The molecule has 2 heterocycles. The first-order chi connectivity index (χ1) is 13.7. The molecule has 0 aliphatic heterocycles. The van der Waals surface area contributed by atoms with Crippen molar-refractivity contribution in [3.05, 3.63) is 90.0 Å². The van der Waals surface area contributed by atoms with E-state index >= 15 is 0 Å². The minimum atomic E-state index is -0.300. The molecule has 0 unspecified atom stereocenters. The predicted molar refractivity (Wildman–Crippen MR) is 110 cm³/mol. The second-order valence-electron chi connectivity index (χ2n) is 6.36. The van der Waals surface area contributed by atoms with Crippen LogP contribution in [0.15, 0.2) is 72.9 Å². The van der Waals surface area contributed by atoms with Crippen LogP contribution in [0.2, 0.25) is 0 Å². The number of hydrogen-bond acceptors (Lipinski definition) is 5. The summed E-state index contributed by atoms with van der Waals surface area (Å²) in [5, 5.41) is 7.12. The van der Waals surface area contributed by atoms with Gasteiger partial charge in [0.25, 0.3) is 5.91 Å². The van der Waals surface area contributed by atoms with Crippen LogP contribution in [0.3, 0.4) is 0 Å². The van der Waals surface area contributed by atoms with Crippen molar-refractivity contribution in [3.63, 3.8) is 0 Å². The third-order valence-corrected chi connectivity index (χ3v) is 4.27. The summed E-state index contributed by atoms with van der Waals surface area (Å²) in [7, 11) is 0. The quantitative estimate of drug-likeness (QED) is 0.551.